The summed E-state index contributed by atoms with van der Waals surface area (Å²) in [5.74, 6) is 1.50. The second kappa shape index (κ2) is 7.33. The molecule has 0 aromatic carbocycles. The van der Waals surface area contributed by atoms with Crippen LogP contribution in [-0.2, 0) is 0 Å². The van der Waals surface area contributed by atoms with E-state index < -0.39 is 0 Å². The maximum absolute atomic E-state index is 12.9. The second-order valence-electron chi connectivity index (χ2n) is 7.28. The minimum Gasteiger partial charge on any atom is -0.334 e. The standard InChI is InChI=1S/C19H25N5O/c25-19(17-8-9-18(22-21-17)23-12-10-20-14-23)24-11-4-7-16(24)13-15-5-2-1-3-6-15/h8-10,12,14-16H,1-7,11,13H2/t16-/m1/s1. The molecule has 1 atom stereocenters. The lowest BCUT2D eigenvalue weighted by Gasteiger charge is -2.30. The van der Waals surface area contributed by atoms with Crippen LogP contribution < -0.4 is 0 Å². The Labute approximate surface area is 148 Å². The van der Waals surface area contributed by atoms with Gasteiger partial charge in [-0.15, -0.1) is 10.2 Å². The van der Waals surface area contributed by atoms with Gasteiger partial charge in [0.05, 0.1) is 0 Å². The molecule has 6 heteroatoms. The topological polar surface area (TPSA) is 63.9 Å². The Balaban J connectivity index is 1.43. The molecular weight excluding hydrogens is 314 g/mol. The molecule has 0 spiro atoms. The molecule has 132 valence electrons. The molecule has 6 nitrogen and oxygen atoms in total. The van der Waals surface area contributed by atoms with Crippen molar-refractivity contribution in [2.45, 2.75) is 57.4 Å². The van der Waals surface area contributed by atoms with Crippen molar-refractivity contribution in [3.8, 4) is 5.82 Å². The van der Waals surface area contributed by atoms with Crippen LogP contribution in [-0.4, -0.2) is 43.1 Å². The number of hydrogen-bond acceptors (Lipinski definition) is 4. The number of carbonyl (C=O) groups excluding carboxylic acids is 1. The molecule has 2 aromatic rings. The van der Waals surface area contributed by atoms with Crippen molar-refractivity contribution in [3.63, 3.8) is 0 Å². The summed E-state index contributed by atoms with van der Waals surface area (Å²) in [6.07, 6.45) is 15.3. The predicted octanol–water partition coefficient (Wildman–Crippen LogP) is 3.24. The van der Waals surface area contributed by atoms with Crippen LogP contribution in [0.2, 0.25) is 0 Å². The number of imidazole rings is 1. The molecule has 1 saturated carbocycles. The normalized spacial score (nSPS) is 21.6. The Hall–Kier alpha value is -2.24. The summed E-state index contributed by atoms with van der Waals surface area (Å²) >= 11 is 0. The molecule has 0 radical (unpaired) electrons. The van der Waals surface area contributed by atoms with Crippen molar-refractivity contribution in [1.29, 1.82) is 0 Å². The van der Waals surface area contributed by atoms with E-state index in [1.54, 1.807) is 23.2 Å². The molecule has 2 fully saturated rings. The van der Waals surface area contributed by atoms with Crippen molar-refractivity contribution in [2.75, 3.05) is 6.54 Å². The predicted molar refractivity (Wildman–Crippen MR) is 94.4 cm³/mol. The summed E-state index contributed by atoms with van der Waals surface area (Å²) in [6.45, 7) is 0.848. The van der Waals surface area contributed by atoms with E-state index >= 15 is 0 Å². The van der Waals surface area contributed by atoms with Crippen LogP contribution in [0.15, 0.2) is 30.9 Å². The van der Waals surface area contributed by atoms with Gasteiger partial charge in [0.15, 0.2) is 11.5 Å². The van der Waals surface area contributed by atoms with Crippen LogP contribution in [0, 0.1) is 5.92 Å². The first-order valence-electron chi connectivity index (χ1n) is 9.44. The van der Waals surface area contributed by atoms with Crippen molar-refractivity contribution in [1.82, 2.24) is 24.6 Å². The molecule has 1 aliphatic carbocycles. The first-order chi connectivity index (χ1) is 12.3. The minimum absolute atomic E-state index is 0.0305. The number of hydrogen-bond donors (Lipinski definition) is 0. The van der Waals surface area contributed by atoms with Crippen molar-refractivity contribution < 1.29 is 4.79 Å². The molecule has 0 bridgehead atoms. The third-order valence-corrected chi connectivity index (χ3v) is 5.61. The quantitative estimate of drug-likeness (QED) is 0.858. The first-order valence-corrected chi connectivity index (χ1v) is 9.44. The maximum Gasteiger partial charge on any atom is 0.274 e. The highest BCUT2D eigenvalue weighted by Crippen LogP contribution is 2.32. The Kier molecular flexibility index (Phi) is 4.76. The Bertz CT molecular complexity index is 691. The number of carbonyl (C=O) groups is 1. The highest BCUT2D eigenvalue weighted by molar-refractivity contribution is 5.92. The highest BCUT2D eigenvalue weighted by atomic mass is 16.2. The Morgan fingerprint density at radius 3 is 2.68 bits per heavy atom. The zero-order valence-corrected chi connectivity index (χ0v) is 14.5. The van der Waals surface area contributed by atoms with Crippen molar-refractivity contribution >= 4 is 5.91 Å². The molecule has 2 aromatic heterocycles. The van der Waals surface area contributed by atoms with Crippen LogP contribution in [0.25, 0.3) is 5.82 Å². The SMILES string of the molecule is O=C(c1ccc(-n2ccnc2)nn1)N1CCC[C@@H]1CC1CCCCC1. The summed E-state index contributed by atoms with van der Waals surface area (Å²) in [5, 5.41) is 8.35. The van der Waals surface area contributed by atoms with Crippen LogP contribution >= 0.6 is 0 Å². The van der Waals surface area contributed by atoms with Gasteiger partial charge in [0, 0.05) is 25.0 Å². The number of aromatic nitrogens is 4. The fourth-order valence-electron chi connectivity index (χ4n) is 4.27. The van der Waals surface area contributed by atoms with Crippen molar-refractivity contribution in [2.24, 2.45) is 5.92 Å². The summed E-state index contributed by atoms with van der Waals surface area (Å²) in [7, 11) is 0. The Morgan fingerprint density at radius 1 is 1.08 bits per heavy atom. The Morgan fingerprint density at radius 2 is 1.96 bits per heavy atom. The lowest BCUT2D eigenvalue weighted by molar-refractivity contribution is 0.0704. The number of likely N-dealkylation sites (tertiary alicyclic amines) is 1. The van der Waals surface area contributed by atoms with Gasteiger partial charge in [0.2, 0.25) is 0 Å². The van der Waals surface area contributed by atoms with Gasteiger partial charge in [0.25, 0.3) is 5.91 Å². The van der Waals surface area contributed by atoms with E-state index in [1.807, 2.05) is 17.2 Å². The van der Waals surface area contributed by atoms with Gasteiger partial charge in [-0.1, -0.05) is 32.1 Å². The van der Waals surface area contributed by atoms with E-state index in [-0.39, 0.29) is 5.91 Å². The van der Waals surface area contributed by atoms with E-state index in [4.69, 9.17) is 0 Å². The maximum atomic E-state index is 12.9. The molecule has 4 rings (SSSR count). The van der Waals surface area contributed by atoms with Gasteiger partial charge in [-0.05, 0) is 37.3 Å². The fourth-order valence-corrected chi connectivity index (χ4v) is 4.27. The molecule has 2 aliphatic rings. The first kappa shape index (κ1) is 16.2. The van der Waals surface area contributed by atoms with Gasteiger partial charge in [0.1, 0.15) is 6.33 Å². The van der Waals surface area contributed by atoms with Gasteiger partial charge in [-0.2, -0.15) is 0 Å². The summed E-state index contributed by atoms with van der Waals surface area (Å²) < 4.78 is 1.78. The third-order valence-electron chi connectivity index (χ3n) is 5.61. The number of rotatable bonds is 4. The summed E-state index contributed by atoms with van der Waals surface area (Å²) in [5.41, 5.74) is 0.444. The monoisotopic (exact) mass is 339 g/mol. The largest absolute Gasteiger partial charge is 0.334 e. The smallest absolute Gasteiger partial charge is 0.274 e. The summed E-state index contributed by atoms with van der Waals surface area (Å²) in [6, 6.07) is 3.99. The van der Waals surface area contributed by atoms with Gasteiger partial charge in [-0.25, -0.2) is 4.98 Å². The molecular formula is C19H25N5O. The lowest BCUT2D eigenvalue weighted by atomic mass is 9.84. The number of amides is 1. The molecule has 0 N–H and O–H groups in total. The second-order valence-corrected chi connectivity index (χ2v) is 7.28. The van der Waals surface area contributed by atoms with Crippen molar-refractivity contribution in [3.05, 3.63) is 36.5 Å². The third kappa shape index (κ3) is 3.57. The molecule has 1 saturated heterocycles. The van der Waals surface area contributed by atoms with E-state index in [0.29, 0.717) is 17.6 Å². The lowest BCUT2D eigenvalue weighted by Crippen LogP contribution is -2.37. The zero-order chi connectivity index (χ0) is 17.1. The summed E-state index contributed by atoms with van der Waals surface area (Å²) in [4.78, 5) is 18.9. The molecule has 0 unspecified atom stereocenters. The van der Waals surface area contributed by atoms with E-state index in [2.05, 4.69) is 15.2 Å². The van der Waals surface area contributed by atoms with Crippen LogP contribution in [0.5, 0.6) is 0 Å². The average molecular weight is 339 g/mol. The minimum atomic E-state index is 0.0305. The van der Waals surface area contributed by atoms with E-state index in [1.165, 1.54) is 32.1 Å². The molecule has 3 heterocycles. The number of nitrogens with zero attached hydrogens (tertiary/aromatic N) is 5. The molecule has 1 aliphatic heterocycles. The van der Waals surface area contributed by atoms with Gasteiger partial charge < -0.3 is 4.90 Å². The molecule has 25 heavy (non-hydrogen) atoms. The zero-order valence-electron chi connectivity index (χ0n) is 14.5. The molecule has 1 amide bonds. The van der Waals surface area contributed by atoms with Crippen LogP contribution in [0.3, 0.4) is 0 Å². The van der Waals surface area contributed by atoms with E-state index in [9.17, 15) is 4.79 Å². The van der Waals surface area contributed by atoms with Crippen LogP contribution in [0.4, 0.5) is 0 Å². The average Bonchev–Trinajstić information content (AvgIpc) is 3.34. The van der Waals surface area contributed by atoms with E-state index in [0.717, 1.165) is 31.7 Å². The fraction of sp³-hybridized carbons (Fsp3) is 0.579. The highest BCUT2D eigenvalue weighted by Gasteiger charge is 2.32. The van der Waals surface area contributed by atoms with Gasteiger partial charge in [-0.3, -0.25) is 9.36 Å². The van der Waals surface area contributed by atoms with Gasteiger partial charge >= 0.3 is 0 Å². The van der Waals surface area contributed by atoms with Crippen LogP contribution in [0.1, 0.15) is 61.9 Å².